The van der Waals surface area contributed by atoms with Crippen molar-refractivity contribution in [1.29, 1.82) is 0 Å². The second kappa shape index (κ2) is 9.16. The topological polar surface area (TPSA) is 117 Å². The molecule has 1 heterocycles. The lowest BCUT2D eigenvalue weighted by Crippen LogP contribution is -2.28. The maximum Gasteiger partial charge on any atom is 0.308 e. The van der Waals surface area contributed by atoms with E-state index in [9.17, 15) is 19.7 Å². The highest BCUT2D eigenvalue weighted by Gasteiger charge is 2.23. The van der Waals surface area contributed by atoms with Crippen LogP contribution < -0.4 is 10.1 Å². The predicted octanol–water partition coefficient (Wildman–Crippen LogP) is 2.77. The molecule has 152 valence electrons. The number of carbonyl (C=O) groups is 2. The minimum atomic E-state index is -0.556. The second-order valence-electron chi connectivity index (χ2n) is 6.49. The fraction of sp³-hybridized carbons (Fsp3) is 0.300. The summed E-state index contributed by atoms with van der Waals surface area (Å²) >= 11 is 0. The van der Waals surface area contributed by atoms with Crippen LogP contribution in [0.15, 0.2) is 42.5 Å². The minimum absolute atomic E-state index is 0.0182. The van der Waals surface area contributed by atoms with E-state index in [2.05, 4.69) is 5.32 Å². The Balaban J connectivity index is 1.72. The number of amides is 1. The third kappa shape index (κ3) is 5.29. The summed E-state index contributed by atoms with van der Waals surface area (Å²) in [4.78, 5) is 34.5. The van der Waals surface area contributed by atoms with Crippen LogP contribution in [0.25, 0.3) is 0 Å². The van der Waals surface area contributed by atoms with Crippen molar-refractivity contribution in [2.45, 2.75) is 32.6 Å². The van der Waals surface area contributed by atoms with E-state index in [0.717, 1.165) is 5.56 Å². The number of nitro groups is 1. The summed E-state index contributed by atoms with van der Waals surface area (Å²) in [6.45, 7) is 1.38. The lowest BCUT2D eigenvalue weighted by molar-refractivity contribution is -0.385. The van der Waals surface area contributed by atoms with Gasteiger partial charge in [-0.2, -0.15) is 0 Å². The number of benzene rings is 2. The first-order valence-electron chi connectivity index (χ1n) is 8.92. The van der Waals surface area contributed by atoms with Crippen LogP contribution in [-0.2, 0) is 32.3 Å². The number of carbonyl (C=O) groups excluding carboxylic acids is 2. The zero-order valence-corrected chi connectivity index (χ0v) is 15.8. The Bertz CT molecular complexity index is 915. The van der Waals surface area contributed by atoms with Gasteiger partial charge in [-0.05, 0) is 5.56 Å². The standard InChI is InChI=1S/C20H20N2O7/c1-13(23)21-18(14-5-3-2-4-6-14)9-19(24)28-11-16-8-17(22(25)26)7-15-10-27-12-29-20(15)16/h2-8,18H,9-12H2,1H3,(H,21,23)/t18-/m0/s1. The number of fused-ring (bicyclic) bond motifs is 1. The number of hydrogen-bond acceptors (Lipinski definition) is 7. The number of rotatable bonds is 7. The lowest BCUT2D eigenvalue weighted by Gasteiger charge is -2.21. The molecule has 0 aliphatic carbocycles. The largest absolute Gasteiger partial charge is 0.467 e. The number of ether oxygens (including phenoxy) is 3. The first-order chi connectivity index (χ1) is 13.9. The van der Waals surface area contributed by atoms with Crippen LogP contribution in [0.1, 0.15) is 36.1 Å². The third-order valence-electron chi connectivity index (χ3n) is 4.32. The molecule has 0 aromatic heterocycles. The highest BCUT2D eigenvalue weighted by atomic mass is 16.7. The van der Waals surface area contributed by atoms with E-state index >= 15 is 0 Å². The molecule has 9 nitrogen and oxygen atoms in total. The second-order valence-corrected chi connectivity index (χ2v) is 6.49. The number of non-ortho nitro benzene ring substituents is 1. The van der Waals surface area contributed by atoms with Crippen LogP contribution in [0.5, 0.6) is 5.75 Å². The van der Waals surface area contributed by atoms with Crippen LogP contribution in [0, 0.1) is 10.1 Å². The van der Waals surface area contributed by atoms with Gasteiger partial charge in [0.05, 0.1) is 24.0 Å². The smallest absolute Gasteiger partial charge is 0.308 e. The Morgan fingerprint density at radius 1 is 1.28 bits per heavy atom. The fourth-order valence-electron chi connectivity index (χ4n) is 3.06. The van der Waals surface area contributed by atoms with Crippen molar-refractivity contribution in [3.63, 3.8) is 0 Å². The summed E-state index contributed by atoms with van der Waals surface area (Å²) in [5.74, 6) is -0.399. The molecule has 29 heavy (non-hydrogen) atoms. The summed E-state index contributed by atoms with van der Waals surface area (Å²) in [6.07, 6.45) is -0.0787. The molecular formula is C20H20N2O7. The average Bonchev–Trinajstić information content (AvgIpc) is 2.71. The maximum atomic E-state index is 12.4. The molecule has 0 unspecified atom stereocenters. The van der Waals surface area contributed by atoms with Gasteiger partial charge in [-0.3, -0.25) is 19.7 Å². The first kappa shape index (κ1) is 20.3. The molecular weight excluding hydrogens is 380 g/mol. The molecule has 9 heteroatoms. The van der Waals surface area contributed by atoms with Crippen LogP contribution in [0.2, 0.25) is 0 Å². The molecule has 0 spiro atoms. The molecule has 1 aliphatic heterocycles. The highest BCUT2D eigenvalue weighted by Crippen LogP contribution is 2.33. The Hall–Kier alpha value is -3.46. The monoisotopic (exact) mass is 400 g/mol. The van der Waals surface area contributed by atoms with Gasteiger partial charge in [0, 0.05) is 30.2 Å². The average molecular weight is 400 g/mol. The number of nitrogens with one attached hydrogen (secondary N) is 1. The van der Waals surface area contributed by atoms with Crippen molar-refractivity contribution >= 4 is 17.6 Å². The van der Waals surface area contributed by atoms with Gasteiger partial charge in [0.25, 0.3) is 5.69 Å². The lowest BCUT2D eigenvalue weighted by atomic mass is 10.0. The summed E-state index contributed by atoms with van der Waals surface area (Å²) in [6, 6.07) is 11.2. The molecule has 2 aromatic rings. The van der Waals surface area contributed by atoms with Gasteiger partial charge in [-0.15, -0.1) is 0 Å². The van der Waals surface area contributed by atoms with Crippen molar-refractivity contribution in [3.05, 3.63) is 69.3 Å². The van der Waals surface area contributed by atoms with E-state index in [-0.39, 0.29) is 38.0 Å². The molecule has 0 saturated heterocycles. The molecule has 1 aliphatic rings. The normalized spacial score (nSPS) is 13.6. The summed E-state index contributed by atoms with van der Waals surface area (Å²) in [5, 5.41) is 13.9. The number of esters is 1. The Morgan fingerprint density at radius 3 is 2.72 bits per heavy atom. The zero-order valence-electron chi connectivity index (χ0n) is 15.8. The SMILES string of the molecule is CC(=O)N[C@@H](CC(=O)OCc1cc([N+](=O)[O-])cc2c1OCOC2)c1ccccc1. The van der Waals surface area contributed by atoms with E-state index < -0.39 is 16.9 Å². The van der Waals surface area contributed by atoms with E-state index in [4.69, 9.17) is 14.2 Å². The fourth-order valence-corrected chi connectivity index (χ4v) is 3.06. The summed E-state index contributed by atoms with van der Waals surface area (Å²) in [7, 11) is 0. The Kier molecular flexibility index (Phi) is 6.40. The van der Waals surface area contributed by atoms with Crippen molar-refractivity contribution in [2.75, 3.05) is 6.79 Å². The Labute approximate surface area is 166 Å². The van der Waals surface area contributed by atoms with Gasteiger partial charge in [-0.1, -0.05) is 30.3 Å². The maximum absolute atomic E-state index is 12.4. The number of hydrogen-bond donors (Lipinski definition) is 1. The van der Waals surface area contributed by atoms with Crippen molar-refractivity contribution in [2.24, 2.45) is 0 Å². The van der Waals surface area contributed by atoms with Crippen LogP contribution in [0.3, 0.4) is 0 Å². The van der Waals surface area contributed by atoms with Crippen LogP contribution in [0.4, 0.5) is 5.69 Å². The van der Waals surface area contributed by atoms with Gasteiger partial charge in [0.15, 0.2) is 6.79 Å². The number of nitrogens with zero attached hydrogens (tertiary/aromatic N) is 1. The van der Waals surface area contributed by atoms with Gasteiger partial charge in [-0.25, -0.2) is 0 Å². The van der Waals surface area contributed by atoms with Crippen LogP contribution >= 0.6 is 0 Å². The van der Waals surface area contributed by atoms with Gasteiger partial charge >= 0.3 is 5.97 Å². The molecule has 3 rings (SSSR count). The quantitative estimate of drug-likeness (QED) is 0.431. The molecule has 0 radical (unpaired) electrons. The molecule has 0 fully saturated rings. The number of nitro benzene ring substituents is 1. The molecule has 2 aromatic carbocycles. The highest BCUT2D eigenvalue weighted by molar-refractivity contribution is 5.76. The zero-order chi connectivity index (χ0) is 20.8. The molecule has 1 atom stereocenters. The first-order valence-corrected chi connectivity index (χ1v) is 8.92. The minimum Gasteiger partial charge on any atom is -0.467 e. The van der Waals surface area contributed by atoms with E-state index in [1.165, 1.54) is 19.1 Å². The molecule has 1 N–H and O–H groups in total. The van der Waals surface area contributed by atoms with Crippen LogP contribution in [-0.4, -0.2) is 23.6 Å². The van der Waals surface area contributed by atoms with Crippen molar-refractivity contribution < 1.29 is 28.7 Å². The summed E-state index contributed by atoms with van der Waals surface area (Å²) < 4.78 is 15.9. The summed E-state index contributed by atoms with van der Waals surface area (Å²) in [5.41, 5.74) is 1.55. The van der Waals surface area contributed by atoms with Crippen molar-refractivity contribution in [3.8, 4) is 5.75 Å². The van der Waals surface area contributed by atoms with Gasteiger partial charge < -0.3 is 19.5 Å². The van der Waals surface area contributed by atoms with Crippen molar-refractivity contribution in [1.82, 2.24) is 5.32 Å². The molecule has 1 amide bonds. The third-order valence-corrected chi connectivity index (χ3v) is 4.32. The van der Waals surface area contributed by atoms with E-state index in [1.807, 2.05) is 18.2 Å². The van der Waals surface area contributed by atoms with E-state index in [1.54, 1.807) is 12.1 Å². The molecule has 0 saturated carbocycles. The van der Waals surface area contributed by atoms with E-state index in [0.29, 0.717) is 16.9 Å². The molecule has 0 bridgehead atoms. The predicted molar refractivity (Wildman–Crippen MR) is 101 cm³/mol. The van der Waals surface area contributed by atoms with Gasteiger partial charge in [0.2, 0.25) is 5.91 Å². The van der Waals surface area contributed by atoms with Gasteiger partial charge in [0.1, 0.15) is 12.4 Å². The Morgan fingerprint density at radius 2 is 2.03 bits per heavy atom.